The van der Waals surface area contributed by atoms with Crippen molar-refractivity contribution < 1.29 is 23.6 Å². The number of halogens is 1. The number of aryl methyl sites for hydroxylation is 1. The number of nitro groups is 1. The number of benzene rings is 2. The number of nitro benzene ring substituents is 1. The van der Waals surface area contributed by atoms with Crippen LogP contribution in [0.3, 0.4) is 0 Å². The van der Waals surface area contributed by atoms with E-state index >= 15 is 0 Å². The lowest BCUT2D eigenvalue weighted by Crippen LogP contribution is -2.12. The topological polar surface area (TPSA) is 104 Å². The molecular formula is C20H17ClN2O6. The average molecular weight is 417 g/mol. The molecule has 1 aromatic heterocycles. The zero-order valence-electron chi connectivity index (χ0n) is 15.6. The molecule has 0 spiro atoms. The smallest absolute Gasteiger partial charge is 0.291 e. The number of nitrogens with one attached hydrogen (secondary N) is 1. The summed E-state index contributed by atoms with van der Waals surface area (Å²) in [6.45, 7) is 1.90. The van der Waals surface area contributed by atoms with Crippen molar-refractivity contribution in [3.8, 4) is 11.5 Å². The van der Waals surface area contributed by atoms with E-state index in [1.807, 2.05) is 13.0 Å². The van der Waals surface area contributed by atoms with E-state index in [1.54, 1.807) is 18.2 Å². The second kappa shape index (κ2) is 8.66. The first-order valence-corrected chi connectivity index (χ1v) is 8.86. The molecule has 150 valence electrons. The molecule has 0 radical (unpaired) electrons. The van der Waals surface area contributed by atoms with Gasteiger partial charge in [-0.25, -0.2) is 0 Å². The van der Waals surface area contributed by atoms with E-state index in [2.05, 4.69) is 5.32 Å². The van der Waals surface area contributed by atoms with Gasteiger partial charge in [0.25, 0.3) is 11.6 Å². The van der Waals surface area contributed by atoms with Gasteiger partial charge in [-0.05, 0) is 42.8 Å². The van der Waals surface area contributed by atoms with E-state index in [-0.39, 0.29) is 28.8 Å². The van der Waals surface area contributed by atoms with Crippen LogP contribution in [-0.4, -0.2) is 17.9 Å². The highest BCUT2D eigenvalue weighted by Gasteiger charge is 2.15. The predicted molar refractivity (Wildman–Crippen MR) is 107 cm³/mol. The molecule has 2 aromatic carbocycles. The summed E-state index contributed by atoms with van der Waals surface area (Å²) in [4.78, 5) is 22.7. The Morgan fingerprint density at radius 2 is 1.93 bits per heavy atom. The highest BCUT2D eigenvalue weighted by atomic mass is 35.5. The van der Waals surface area contributed by atoms with Crippen molar-refractivity contribution in [3.63, 3.8) is 0 Å². The van der Waals surface area contributed by atoms with Crippen LogP contribution >= 0.6 is 11.6 Å². The molecule has 0 saturated heterocycles. The standard InChI is InChI=1S/C20H17ClN2O6/c1-12-3-6-18(27-2)16(9-12)22-20(24)19-8-5-14(29-19)11-28-17-7-4-13(23(25)26)10-15(17)21/h3-10H,11H2,1-2H3,(H,22,24). The van der Waals surface area contributed by atoms with Crippen LogP contribution in [0.1, 0.15) is 21.9 Å². The monoisotopic (exact) mass is 416 g/mol. The fourth-order valence-electron chi connectivity index (χ4n) is 2.55. The van der Waals surface area contributed by atoms with Crippen LogP contribution < -0.4 is 14.8 Å². The van der Waals surface area contributed by atoms with Crippen LogP contribution in [0.25, 0.3) is 0 Å². The van der Waals surface area contributed by atoms with E-state index in [1.165, 1.54) is 31.4 Å². The Hall–Kier alpha value is -3.52. The Morgan fingerprint density at radius 3 is 2.62 bits per heavy atom. The summed E-state index contributed by atoms with van der Waals surface area (Å²) in [5, 5.41) is 13.6. The van der Waals surface area contributed by atoms with Gasteiger partial charge in [0.2, 0.25) is 0 Å². The van der Waals surface area contributed by atoms with Crippen LogP contribution in [0.2, 0.25) is 5.02 Å². The quantitative estimate of drug-likeness (QED) is 0.429. The number of methoxy groups -OCH3 is 1. The number of furan rings is 1. The van der Waals surface area contributed by atoms with Gasteiger partial charge in [0.1, 0.15) is 23.9 Å². The molecule has 8 nitrogen and oxygen atoms in total. The molecule has 0 aliphatic heterocycles. The zero-order valence-corrected chi connectivity index (χ0v) is 16.4. The number of rotatable bonds is 7. The van der Waals surface area contributed by atoms with E-state index in [4.69, 9.17) is 25.5 Å². The summed E-state index contributed by atoms with van der Waals surface area (Å²) < 4.78 is 16.3. The number of ether oxygens (including phenoxy) is 2. The van der Waals surface area contributed by atoms with E-state index < -0.39 is 10.8 Å². The molecule has 3 aromatic rings. The lowest BCUT2D eigenvalue weighted by Gasteiger charge is -2.10. The van der Waals surface area contributed by atoms with Gasteiger partial charge < -0.3 is 19.2 Å². The van der Waals surface area contributed by atoms with Gasteiger partial charge >= 0.3 is 0 Å². The van der Waals surface area contributed by atoms with Gasteiger partial charge in [-0.2, -0.15) is 0 Å². The largest absolute Gasteiger partial charge is 0.495 e. The van der Waals surface area contributed by atoms with Crippen molar-refractivity contribution in [2.45, 2.75) is 13.5 Å². The van der Waals surface area contributed by atoms with Gasteiger partial charge in [0, 0.05) is 12.1 Å². The van der Waals surface area contributed by atoms with E-state index in [0.717, 1.165) is 5.56 Å². The molecule has 0 atom stereocenters. The average Bonchev–Trinajstić information content (AvgIpc) is 3.16. The Bertz CT molecular complexity index is 1060. The van der Waals surface area contributed by atoms with Crippen molar-refractivity contribution >= 4 is 28.9 Å². The number of carbonyl (C=O) groups is 1. The van der Waals surface area contributed by atoms with Crippen molar-refractivity contribution in [3.05, 3.63) is 80.8 Å². The number of amides is 1. The van der Waals surface area contributed by atoms with Gasteiger partial charge in [0.05, 0.1) is 22.7 Å². The molecule has 1 heterocycles. The summed E-state index contributed by atoms with van der Waals surface area (Å²) in [6.07, 6.45) is 0. The predicted octanol–water partition coefficient (Wildman–Crippen LogP) is 4.99. The highest BCUT2D eigenvalue weighted by molar-refractivity contribution is 6.32. The van der Waals surface area contributed by atoms with Crippen LogP contribution in [-0.2, 0) is 6.61 Å². The summed E-state index contributed by atoms with van der Waals surface area (Å²) >= 11 is 5.99. The van der Waals surface area contributed by atoms with Crippen molar-refractivity contribution in [1.29, 1.82) is 0 Å². The maximum Gasteiger partial charge on any atom is 0.291 e. The fraction of sp³-hybridized carbons (Fsp3) is 0.150. The van der Waals surface area contributed by atoms with Gasteiger partial charge in [-0.3, -0.25) is 14.9 Å². The molecule has 1 N–H and O–H groups in total. The SMILES string of the molecule is COc1ccc(C)cc1NC(=O)c1ccc(COc2ccc([N+](=O)[O-])cc2Cl)o1. The van der Waals surface area contributed by atoms with Gasteiger partial charge in [-0.1, -0.05) is 17.7 Å². The normalized spacial score (nSPS) is 10.4. The molecule has 1 amide bonds. The lowest BCUT2D eigenvalue weighted by molar-refractivity contribution is -0.384. The van der Waals surface area contributed by atoms with Crippen molar-refractivity contribution in [2.24, 2.45) is 0 Å². The molecule has 0 unspecified atom stereocenters. The van der Waals surface area contributed by atoms with Crippen LogP contribution in [0.4, 0.5) is 11.4 Å². The molecule has 29 heavy (non-hydrogen) atoms. The Labute approximate surface area is 171 Å². The number of carbonyl (C=O) groups excluding carboxylic acids is 1. The zero-order chi connectivity index (χ0) is 21.0. The number of non-ortho nitro benzene ring substituents is 1. The van der Waals surface area contributed by atoms with E-state index in [0.29, 0.717) is 17.2 Å². The summed E-state index contributed by atoms with van der Waals surface area (Å²) in [5.74, 6) is 0.854. The Morgan fingerprint density at radius 1 is 1.17 bits per heavy atom. The van der Waals surface area contributed by atoms with Crippen LogP contribution in [0, 0.1) is 17.0 Å². The molecule has 0 saturated carbocycles. The minimum Gasteiger partial charge on any atom is -0.495 e. The maximum atomic E-state index is 12.5. The minimum atomic E-state index is -0.545. The molecule has 9 heteroatoms. The fourth-order valence-corrected chi connectivity index (χ4v) is 2.78. The minimum absolute atomic E-state index is 0.00141. The van der Waals surface area contributed by atoms with E-state index in [9.17, 15) is 14.9 Å². The number of nitrogens with zero attached hydrogens (tertiary/aromatic N) is 1. The summed E-state index contributed by atoms with van der Waals surface area (Å²) in [6, 6.07) is 12.4. The first kappa shape index (κ1) is 20.2. The molecule has 0 aliphatic rings. The Balaban J connectivity index is 1.66. The third-order valence-corrected chi connectivity index (χ3v) is 4.28. The number of anilines is 1. The summed E-state index contributed by atoms with van der Waals surface area (Å²) in [7, 11) is 1.52. The van der Waals surface area contributed by atoms with Gasteiger partial charge in [-0.15, -0.1) is 0 Å². The molecule has 0 bridgehead atoms. The molecular weight excluding hydrogens is 400 g/mol. The molecule has 0 aliphatic carbocycles. The highest BCUT2D eigenvalue weighted by Crippen LogP contribution is 2.30. The maximum absolute atomic E-state index is 12.5. The van der Waals surface area contributed by atoms with Crippen molar-refractivity contribution in [2.75, 3.05) is 12.4 Å². The third kappa shape index (κ3) is 4.85. The third-order valence-electron chi connectivity index (χ3n) is 3.98. The number of hydrogen-bond acceptors (Lipinski definition) is 6. The first-order valence-electron chi connectivity index (χ1n) is 8.49. The lowest BCUT2D eigenvalue weighted by atomic mass is 10.2. The van der Waals surface area contributed by atoms with Gasteiger partial charge in [0.15, 0.2) is 5.76 Å². The first-order chi connectivity index (χ1) is 13.9. The molecule has 0 fully saturated rings. The van der Waals surface area contributed by atoms with Crippen LogP contribution in [0.5, 0.6) is 11.5 Å². The Kier molecular flexibility index (Phi) is 6.04. The second-order valence-corrected chi connectivity index (χ2v) is 6.49. The summed E-state index contributed by atoms with van der Waals surface area (Å²) in [5.41, 5.74) is 1.37. The van der Waals surface area contributed by atoms with Crippen LogP contribution in [0.15, 0.2) is 52.9 Å². The molecule has 3 rings (SSSR count). The van der Waals surface area contributed by atoms with Crippen molar-refractivity contribution in [1.82, 2.24) is 0 Å². The number of hydrogen-bond donors (Lipinski definition) is 1. The second-order valence-electron chi connectivity index (χ2n) is 6.08.